The van der Waals surface area contributed by atoms with E-state index in [0.717, 1.165) is 0 Å². The number of carbonyl (C=O) groups excluding carboxylic acids is 3. The zero-order chi connectivity index (χ0) is 10.7. The fourth-order valence-electron chi connectivity index (χ4n) is 0. The number of nitrogens with two attached hydrogens (primary N) is 6. The van der Waals surface area contributed by atoms with Gasteiger partial charge in [0.15, 0.2) is 0 Å². The lowest BCUT2D eigenvalue weighted by Crippen LogP contribution is -2.18. The molecule has 0 atom stereocenters. The van der Waals surface area contributed by atoms with Crippen molar-refractivity contribution < 1.29 is 14.4 Å². The molecule has 0 aliphatic heterocycles. The van der Waals surface area contributed by atoms with Crippen molar-refractivity contribution in [2.75, 3.05) is 0 Å². The van der Waals surface area contributed by atoms with Crippen molar-refractivity contribution in [1.29, 1.82) is 0 Å². The molecule has 6 amide bonds. The summed E-state index contributed by atoms with van der Waals surface area (Å²) in [6, 6.07) is -2.50. The van der Waals surface area contributed by atoms with Gasteiger partial charge in [0.1, 0.15) is 0 Å². The van der Waals surface area contributed by atoms with Gasteiger partial charge in [0.2, 0.25) is 0 Å². The fourth-order valence-corrected chi connectivity index (χ4v) is 0. The molecular weight excluding hydrogens is 168 g/mol. The number of carbonyl (C=O) groups is 3. The van der Waals surface area contributed by atoms with Crippen LogP contribution in [0.2, 0.25) is 0 Å². The smallest absolute Gasteiger partial charge is 0.309 e. The molecule has 12 N–H and O–H groups in total. The van der Waals surface area contributed by atoms with E-state index in [1.807, 2.05) is 0 Å². The summed E-state index contributed by atoms with van der Waals surface area (Å²) in [4.78, 5) is 27.0. The number of primary amides is 6. The van der Waals surface area contributed by atoms with Crippen LogP contribution in [0.1, 0.15) is 0 Å². The number of rotatable bonds is 0. The third kappa shape index (κ3) is 75.5. The predicted octanol–water partition coefficient (Wildman–Crippen LogP) is -2.93. The molecule has 12 heavy (non-hydrogen) atoms. The van der Waals surface area contributed by atoms with Gasteiger partial charge in [-0.25, -0.2) is 14.4 Å². The van der Waals surface area contributed by atoms with Crippen molar-refractivity contribution in [3.05, 3.63) is 0 Å². The molecule has 0 heterocycles. The maximum absolute atomic E-state index is 9.00. The first-order valence-electron chi connectivity index (χ1n) is 2.34. The van der Waals surface area contributed by atoms with Gasteiger partial charge in [0, 0.05) is 0 Å². The SMILES string of the molecule is NC(N)=O.NC(N)=O.NC(N)=O. The molecule has 0 saturated heterocycles. The highest BCUT2D eigenvalue weighted by Gasteiger charge is 1.61. The number of amides is 6. The second kappa shape index (κ2) is 11.6. The summed E-state index contributed by atoms with van der Waals surface area (Å²) >= 11 is 0. The van der Waals surface area contributed by atoms with Crippen molar-refractivity contribution >= 4 is 18.1 Å². The highest BCUT2D eigenvalue weighted by molar-refractivity contribution is 5.69. The zero-order valence-electron chi connectivity index (χ0n) is 6.19. The topological polar surface area (TPSA) is 207 Å². The Morgan fingerprint density at radius 1 is 0.500 bits per heavy atom. The summed E-state index contributed by atoms with van der Waals surface area (Å²) in [6.45, 7) is 0. The number of hydrogen-bond donors (Lipinski definition) is 6. The van der Waals surface area contributed by atoms with E-state index in [9.17, 15) is 0 Å². The molecule has 9 heteroatoms. The van der Waals surface area contributed by atoms with Gasteiger partial charge >= 0.3 is 18.1 Å². The van der Waals surface area contributed by atoms with Gasteiger partial charge in [0.05, 0.1) is 0 Å². The van der Waals surface area contributed by atoms with Crippen LogP contribution in [0.25, 0.3) is 0 Å². The minimum absolute atomic E-state index is 0.833. The summed E-state index contributed by atoms with van der Waals surface area (Å²) in [6.07, 6.45) is 0. The first-order valence-corrected chi connectivity index (χ1v) is 2.34. The number of urea groups is 3. The molecule has 0 unspecified atom stereocenters. The summed E-state index contributed by atoms with van der Waals surface area (Å²) in [7, 11) is 0. The van der Waals surface area contributed by atoms with Gasteiger partial charge in [-0.2, -0.15) is 0 Å². The summed E-state index contributed by atoms with van der Waals surface area (Å²) < 4.78 is 0. The molecule has 0 saturated carbocycles. The molecule has 0 aliphatic carbocycles. The summed E-state index contributed by atoms with van der Waals surface area (Å²) in [5.74, 6) is 0. The number of hydrogen-bond acceptors (Lipinski definition) is 3. The van der Waals surface area contributed by atoms with Gasteiger partial charge in [-0.15, -0.1) is 0 Å². The average Bonchev–Trinajstić information content (AvgIpc) is 1.54. The Morgan fingerprint density at radius 2 is 0.500 bits per heavy atom. The van der Waals surface area contributed by atoms with Crippen LogP contribution in [0.15, 0.2) is 0 Å². The second-order valence-corrected chi connectivity index (χ2v) is 1.21. The van der Waals surface area contributed by atoms with Crippen LogP contribution < -0.4 is 34.4 Å². The quantitative estimate of drug-likeness (QED) is 0.231. The molecule has 72 valence electrons. The van der Waals surface area contributed by atoms with Gasteiger partial charge in [-0.1, -0.05) is 0 Å². The molecule has 0 spiro atoms. The van der Waals surface area contributed by atoms with Crippen LogP contribution in [-0.2, 0) is 0 Å². The van der Waals surface area contributed by atoms with Crippen LogP contribution in [-0.4, -0.2) is 18.1 Å². The van der Waals surface area contributed by atoms with E-state index in [1.165, 1.54) is 0 Å². The van der Waals surface area contributed by atoms with E-state index in [2.05, 4.69) is 34.4 Å². The summed E-state index contributed by atoms with van der Waals surface area (Å²) in [5, 5.41) is 0. The molecule has 0 aromatic carbocycles. The van der Waals surface area contributed by atoms with Crippen LogP contribution >= 0.6 is 0 Å². The third-order valence-corrected chi connectivity index (χ3v) is 0. The third-order valence-electron chi connectivity index (χ3n) is 0. The highest BCUT2D eigenvalue weighted by atomic mass is 16.2. The molecule has 9 nitrogen and oxygen atoms in total. The van der Waals surface area contributed by atoms with E-state index in [4.69, 9.17) is 14.4 Å². The Morgan fingerprint density at radius 3 is 0.500 bits per heavy atom. The fraction of sp³-hybridized carbons (Fsp3) is 0. The maximum atomic E-state index is 9.00. The van der Waals surface area contributed by atoms with Gasteiger partial charge in [0.25, 0.3) is 0 Å². The monoisotopic (exact) mass is 180 g/mol. The first kappa shape index (κ1) is 16.4. The van der Waals surface area contributed by atoms with E-state index < -0.39 is 18.1 Å². The Labute approximate surface area is 68.0 Å². The lowest BCUT2D eigenvalue weighted by Gasteiger charge is -1.62. The van der Waals surface area contributed by atoms with Crippen LogP contribution in [0, 0.1) is 0 Å². The molecule has 0 radical (unpaired) electrons. The van der Waals surface area contributed by atoms with Crippen molar-refractivity contribution in [2.45, 2.75) is 0 Å². The van der Waals surface area contributed by atoms with E-state index >= 15 is 0 Å². The van der Waals surface area contributed by atoms with Crippen molar-refractivity contribution in [3.8, 4) is 0 Å². The van der Waals surface area contributed by atoms with Crippen LogP contribution in [0.5, 0.6) is 0 Å². The Kier molecular flexibility index (Phi) is 15.9. The second-order valence-electron chi connectivity index (χ2n) is 1.21. The Balaban J connectivity index is -0.000000101. The molecule has 0 aromatic rings. The average molecular weight is 180 g/mol. The summed E-state index contributed by atoms with van der Waals surface area (Å²) in [5.41, 5.74) is 25.5. The molecule has 0 aliphatic rings. The van der Waals surface area contributed by atoms with Gasteiger partial charge in [-0.05, 0) is 0 Å². The Hall–Kier alpha value is -2.19. The molecule has 0 aromatic heterocycles. The largest absolute Gasteiger partial charge is 0.352 e. The first-order chi connectivity index (χ1) is 5.20. The molecule has 0 rings (SSSR count). The molecular formula is C3H12N6O3. The van der Waals surface area contributed by atoms with Crippen molar-refractivity contribution in [3.63, 3.8) is 0 Å². The van der Waals surface area contributed by atoms with E-state index in [1.54, 1.807) is 0 Å². The lowest BCUT2D eigenvalue weighted by molar-refractivity contribution is 0.255. The van der Waals surface area contributed by atoms with Crippen molar-refractivity contribution in [2.24, 2.45) is 34.4 Å². The minimum Gasteiger partial charge on any atom is -0.352 e. The van der Waals surface area contributed by atoms with Crippen molar-refractivity contribution in [1.82, 2.24) is 0 Å². The van der Waals surface area contributed by atoms with Crippen LogP contribution in [0.3, 0.4) is 0 Å². The lowest BCUT2D eigenvalue weighted by atomic mass is 11.2. The Bertz CT molecular complexity index is 116. The van der Waals surface area contributed by atoms with Gasteiger partial charge < -0.3 is 34.4 Å². The molecule has 0 fully saturated rings. The standard InChI is InChI=1S/3CH4N2O/c3*2-1(3)4/h3*(H4,2,3,4). The minimum atomic E-state index is -0.833. The van der Waals surface area contributed by atoms with Crippen LogP contribution in [0.4, 0.5) is 14.4 Å². The zero-order valence-corrected chi connectivity index (χ0v) is 6.19. The van der Waals surface area contributed by atoms with E-state index in [0.29, 0.717) is 0 Å². The normalized spacial score (nSPS) is 6.00. The van der Waals surface area contributed by atoms with E-state index in [-0.39, 0.29) is 0 Å². The van der Waals surface area contributed by atoms with Gasteiger partial charge in [-0.3, -0.25) is 0 Å². The predicted molar refractivity (Wildman–Crippen MR) is 41.3 cm³/mol. The maximum Gasteiger partial charge on any atom is 0.309 e. The highest BCUT2D eigenvalue weighted by Crippen LogP contribution is 1.26. The molecule has 0 bridgehead atoms.